The van der Waals surface area contributed by atoms with Crippen molar-refractivity contribution in [3.8, 4) is 11.4 Å². The Hall–Kier alpha value is -2.10. The number of rotatable bonds is 3. The number of nitrogens with two attached hydrogens (primary N) is 1. The van der Waals surface area contributed by atoms with Gasteiger partial charge in [0.15, 0.2) is 5.82 Å². The molecular weight excluding hydrogens is 236 g/mol. The Morgan fingerprint density at radius 2 is 1.89 bits per heavy atom. The Labute approximate surface area is 113 Å². The van der Waals surface area contributed by atoms with Crippen LogP contribution in [0, 0.1) is 0 Å². The van der Waals surface area contributed by atoms with Gasteiger partial charge in [-0.2, -0.15) is 0 Å². The van der Waals surface area contributed by atoms with Gasteiger partial charge in [-0.25, -0.2) is 9.97 Å². The van der Waals surface area contributed by atoms with Crippen LogP contribution in [-0.4, -0.2) is 23.1 Å². The maximum absolute atomic E-state index is 5.92. The normalized spacial score (nSPS) is 15.0. The third-order valence-corrected chi connectivity index (χ3v) is 3.75. The molecule has 4 heteroatoms. The second kappa shape index (κ2) is 4.88. The van der Waals surface area contributed by atoms with Gasteiger partial charge in [0.25, 0.3) is 0 Å². The zero-order valence-electron chi connectivity index (χ0n) is 11.1. The van der Waals surface area contributed by atoms with Crippen LogP contribution in [0.1, 0.15) is 19.3 Å². The molecule has 98 valence electrons. The first kappa shape index (κ1) is 12.0. The van der Waals surface area contributed by atoms with Gasteiger partial charge in [0.05, 0.1) is 0 Å². The van der Waals surface area contributed by atoms with E-state index in [1.54, 1.807) is 0 Å². The number of anilines is 2. The standard InChI is InChI=1S/C15H18N4/c1-19(12-8-5-9-12)14-10-13(16)17-15(18-14)11-6-3-2-4-7-11/h2-4,6-7,10,12H,5,8-9H2,1H3,(H2,16,17,18). The Balaban J connectivity index is 1.96. The minimum atomic E-state index is 0.523. The summed E-state index contributed by atoms with van der Waals surface area (Å²) in [6.45, 7) is 0. The van der Waals surface area contributed by atoms with Crippen LogP contribution in [0.15, 0.2) is 36.4 Å². The lowest BCUT2D eigenvalue weighted by molar-refractivity contribution is 0.399. The average molecular weight is 254 g/mol. The lowest BCUT2D eigenvalue weighted by atomic mass is 9.92. The lowest BCUT2D eigenvalue weighted by Crippen LogP contribution is -2.37. The van der Waals surface area contributed by atoms with Crippen molar-refractivity contribution in [1.82, 2.24) is 9.97 Å². The van der Waals surface area contributed by atoms with Gasteiger partial charge in [0, 0.05) is 24.7 Å². The molecule has 1 saturated carbocycles. The van der Waals surface area contributed by atoms with Crippen molar-refractivity contribution in [3.63, 3.8) is 0 Å². The van der Waals surface area contributed by atoms with Gasteiger partial charge in [0.2, 0.25) is 0 Å². The summed E-state index contributed by atoms with van der Waals surface area (Å²) in [4.78, 5) is 11.2. The van der Waals surface area contributed by atoms with Crippen molar-refractivity contribution < 1.29 is 0 Å². The van der Waals surface area contributed by atoms with Crippen molar-refractivity contribution in [2.24, 2.45) is 0 Å². The molecular formula is C15H18N4. The van der Waals surface area contributed by atoms with E-state index in [0.29, 0.717) is 17.7 Å². The summed E-state index contributed by atoms with van der Waals surface area (Å²) in [5.74, 6) is 2.13. The summed E-state index contributed by atoms with van der Waals surface area (Å²) in [7, 11) is 2.08. The molecule has 0 spiro atoms. The molecule has 1 heterocycles. The molecule has 2 N–H and O–H groups in total. The first-order chi connectivity index (χ1) is 9.24. The van der Waals surface area contributed by atoms with Gasteiger partial charge >= 0.3 is 0 Å². The van der Waals surface area contributed by atoms with E-state index in [1.807, 2.05) is 36.4 Å². The summed E-state index contributed by atoms with van der Waals surface area (Å²) in [6, 6.07) is 12.4. The minimum Gasteiger partial charge on any atom is -0.384 e. The molecule has 0 unspecified atom stereocenters. The fraction of sp³-hybridized carbons (Fsp3) is 0.333. The highest BCUT2D eigenvalue weighted by molar-refractivity contribution is 5.60. The van der Waals surface area contributed by atoms with Crippen LogP contribution in [0.3, 0.4) is 0 Å². The number of hydrogen-bond donors (Lipinski definition) is 1. The first-order valence-electron chi connectivity index (χ1n) is 6.67. The molecule has 2 aromatic rings. The van der Waals surface area contributed by atoms with E-state index in [0.717, 1.165) is 11.4 Å². The van der Waals surface area contributed by atoms with E-state index < -0.39 is 0 Å². The summed E-state index contributed by atoms with van der Waals surface area (Å²) >= 11 is 0. The van der Waals surface area contributed by atoms with Crippen LogP contribution < -0.4 is 10.6 Å². The highest BCUT2D eigenvalue weighted by Crippen LogP contribution is 2.28. The van der Waals surface area contributed by atoms with E-state index in [4.69, 9.17) is 5.73 Å². The lowest BCUT2D eigenvalue weighted by Gasteiger charge is -2.35. The van der Waals surface area contributed by atoms with E-state index in [-0.39, 0.29) is 0 Å². The van der Waals surface area contributed by atoms with Crippen LogP contribution >= 0.6 is 0 Å². The van der Waals surface area contributed by atoms with Gasteiger partial charge in [0.1, 0.15) is 11.6 Å². The zero-order valence-corrected chi connectivity index (χ0v) is 11.1. The number of aromatic nitrogens is 2. The van der Waals surface area contributed by atoms with Crippen LogP contribution in [-0.2, 0) is 0 Å². The third kappa shape index (κ3) is 2.38. The van der Waals surface area contributed by atoms with Gasteiger partial charge in [-0.3, -0.25) is 0 Å². The second-order valence-electron chi connectivity index (χ2n) is 5.04. The monoisotopic (exact) mass is 254 g/mol. The quantitative estimate of drug-likeness (QED) is 0.915. The van der Waals surface area contributed by atoms with Crippen LogP contribution in [0.25, 0.3) is 11.4 Å². The molecule has 0 atom stereocenters. The number of nitrogen functional groups attached to an aromatic ring is 1. The zero-order chi connectivity index (χ0) is 13.2. The van der Waals surface area contributed by atoms with Gasteiger partial charge in [-0.1, -0.05) is 30.3 Å². The summed E-state index contributed by atoms with van der Waals surface area (Å²) < 4.78 is 0. The topological polar surface area (TPSA) is 55.0 Å². The smallest absolute Gasteiger partial charge is 0.163 e. The van der Waals surface area contributed by atoms with Crippen molar-refractivity contribution in [2.45, 2.75) is 25.3 Å². The molecule has 1 aromatic carbocycles. The summed E-state index contributed by atoms with van der Waals surface area (Å²) in [5.41, 5.74) is 6.91. The van der Waals surface area contributed by atoms with Crippen molar-refractivity contribution in [2.75, 3.05) is 17.7 Å². The Bertz CT molecular complexity index is 564. The first-order valence-corrected chi connectivity index (χ1v) is 6.67. The molecule has 1 aromatic heterocycles. The molecule has 1 aliphatic carbocycles. The van der Waals surface area contributed by atoms with Gasteiger partial charge in [-0.05, 0) is 19.3 Å². The van der Waals surface area contributed by atoms with Crippen LogP contribution in [0.2, 0.25) is 0 Å². The average Bonchev–Trinajstić information content (AvgIpc) is 2.37. The fourth-order valence-electron chi connectivity index (χ4n) is 2.31. The van der Waals surface area contributed by atoms with E-state index >= 15 is 0 Å². The molecule has 0 saturated heterocycles. The number of benzene rings is 1. The number of nitrogens with zero attached hydrogens (tertiary/aromatic N) is 3. The Morgan fingerprint density at radius 3 is 2.53 bits per heavy atom. The van der Waals surface area contributed by atoms with Crippen molar-refractivity contribution in [1.29, 1.82) is 0 Å². The maximum atomic E-state index is 5.92. The largest absolute Gasteiger partial charge is 0.384 e. The predicted octanol–water partition coefficient (Wildman–Crippen LogP) is 2.71. The Kier molecular flexibility index (Phi) is 3.07. The molecule has 1 aliphatic rings. The Morgan fingerprint density at radius 1 is 1.16 bits per heavy atom. The minimum absolute atomic E-state index is 0.523. The molecule has 3 rings (SSSR count). The molecule has 0 bridgehead atoms. The van der Waals surface area contributed by atoms with Crippen molar-refractivity contribution >= 4 is 11.6 Å². The van der Waals surface area contributed by atoms with Crippen LogP contribution in [0.4, 0.5) is 11.6 Å². The van der Waals surface area contributed by atoms with Crippen LogP contribution in [0.5, 0.6) is 0 Å². The molecule has 0 amide bonds. The van der Waals surface area contributed by atoms with Crippen molar-refractivity contribution in [3.05, 3.63) is 36.4 Å². The third-order valence-electron chi connectivity index (χ3n) is 3.75. The maximum Gasteiger partial charge on any atom is 0.163 e. The van der Waals surface area contributed by atoms with E-state index in [1.165, 1.54) is 19.3 Å². The predicted molar refractivity (Wildman–Crippen MR) is 77.9 cm³/mol. The molecule has 0 aliphatic heterocycles. The summed E-state index contributed by atoms with van der Waals surface area (Å²) in [5, 5.41) is 0. The van der Waals surface area contributed by atoms with E-state index in [9.17, 15) is 0 Å². The van der Waals surface area contributed by atoms with Gasteiger partial charge < -0.3 is 10.6 Å². The second-order valence-corrected chi connectivity index (χ2v) is 5.04. The highest BCUT2D eigenvalue weighted by Gasteiger charge is 2.23. The number of hydrogen-bond acceptors (Lipinski definition) is 4. The molecule has 1 fully saturated rings. The fourth-order valence-corrected chi connectivity index (χ4v) is 2.31. The molecule has 0 radical (unpaired) electrons. The highest BCUT2D eigenvalue weighted by atomic mass is 15.2. The van der Waals surface area contributed by atoms with Gasteiger partial charge in [-0.15, -0.1) is 0 Å². The molecule has 19 heavy (non-hydrogen) atoms. The molecule has 4 nitrogen and oxygen atoms in total. The van der Waals surface area contributed by atoms with E-state index in [2.05, 4.69) is 21.9 Å². The summed E-state index contributed by atoms with van der Waals surface area (Å²) in [6.07, 6.45) is 3.78. The SMILES string of the molecule is CN(c1cc(N)nc(-c2ccccc2)n1)C1CCC1.